The van der Waals surface area contributed by atoms with Crippen LogP contribution in [-0.4, -0.2) is 14.5 Å². The topological polar surface area (TPSA) is 43.9 Å². The molecule has 0 N–H and O–H groups in total. The maximum Gasteiger partial charge on any atom is 0.238 e. The summed E-state index contributed by atoms with van der Waals surface area (Å²) in [7, 11) is 0. The molecular formula is C34H19N3OS. The molecule has 0 aliphatic heterocycles. The molecule has 39 heavy (non-hydrogen) atoms. The summed E-state index contributed by atoms with van der Waals surface area (Å²) in [5, 5.41) is 6.82. The van der Waals surface area contributed by atoms with E-state index in [1.165, 1.54) is 30.9 Å². The minimum atomic E-state index is 0.596. The van der Waals surface area contributed by atoms with E-state index in [9.17, 15) is 0 Å². The van der Waals surface area contributed by atoms with Gasteiger partial charge in [-0.05, 0) is 30.3 Å². The average molecular weight is 518 g/mol. The Bertz CT molecular complexity index is 2340. The summed E-state index contributed by atoms with van der Waals surface area (Å²) in [5.74, 6) is 0.601. The zero-order valence-corrected chi connectivity index (χ0v) is 21.4. The summed E-state index contributed by atoms with van der Waals surface area (Å²) in [6.45, 7) is 0. The fourth-order valence-electron chi connectivity index (χ4n) is 6.01. The van der Waals surface area contributed by atoms with Crippen molar-refractivity contribution in [2.45, 2.75) is 0 Å². The summed E-state index contributed by atoms with van der Waals surface area (Å²) in [6, 6.07) is 40.0. The van der Waals surface area contributed by atoms with E-state index in [1.54, 1.807) is 0 Å². The fourth-order valence-corrected chi connectivity index (χ4v) is 7.12. The summed E-state index contributed by atoms with van der Waals surface area (Å²) in [5.41, 5.74) is 5.47. The number of hydrogen-bond acceptors (Lipinski definition) is 4. The van der Waals surface area contributed by atoms with Crippen molar-refractivity contribution in [2.24, 2.45) is 0 Å². The maximum atomic E-state index is 6.54. The minimum absolute atomic E-state index is 0.596. The molecule has 4 heterocycles. The normalized spacial score (nSPS) is 12.1. The Kier molecular flexibility index (Phi) is 4.18. The molecule has 0 unspecified atom stereocenters. The van der Waals surface area contributed by atoms with Crippen LogP contribution in [0.1, 0.15) is 0 Å². The highest BCUT2D eigenvalue weighted by Crippen LogP contribution is 2.44. The van der Waals surface area contributed by atoms with Gasteiger partial charge in [0.15, 0.2) is 0 Å². The Morgan fingerprint density at radius 2 is 1.21 bits per heavy atom. The van der Waals surface area contributed by atoms with Gasteiger partial charge in [0.2, 0.25) is 11.7 Å². The first-order chi connectivity index (χ1) is 19.3. The third-order valence-corrected chi connectivity index (χ3v) is 8.79. The molecule has 0 aliphatic rings. The smallest absolute Gasteiger partial charge is 0.238 e. The summed E-state index contributed by atoms with van der Waals surface area (Å²) >= 11 is 1.81. The van der Waals surface area contributed by atoms with Crippen molar-refractivity contribution in [3.05, 3.63) is 115 Å². The van der Waals surface area contributed by atoms with Gasteiger partial charge >= 0.3 is 0 Å². The number of rotatable bonds is 2. The quantitative estimate of drug-likeness (QED) is 0.229. The number of nitrogens with zero attached hydrogens (tertiary/aromatic N) is 3. The van der Waals surface area contributed by atoms with Crippen molar-refractivity contribution in [2.75, 3.05) is 0 Å². The number of benzene rings is 5. The molecule has 9 rings (SSSR count). The van der Waals surface area contributed by atoms with E-state index >= 15 is 0 Å². The largest absolute Gasteiger partial charge is 0.437 e. The number of thiophene rings is 1. The van der Waals surface area contributed by atoms with Crippen LogP contribution in [0.25, 0.3) is 81.3 Å². The van der Waals surface area contributed by atoms with Gasteiger partial charge < -0.3 is 4.42 Å². The number of hydrogen-bond donors (Lipinski definition) is 0. The van der Waals surface area contributed by atoms with Crippen LogP contribution in [0.2, 0.25) is 0 Å². The lowest BCUT2D eigenvalue weighted by Gasteiger charge is -2.09. The zero-order chi connectivity index (χ0) is 25.5. The first-order valence-corrected chi connectivity index (χ1v) is 13.8. The number of aromatic nitrogens is 3. The van der Waals surface area contributed by atoms with Gasteiger partial charge in [-0.25, -0.2) is 4.98 Å². The molecule has 0 saturated heterocycles. The molecule has 4 aromatic heterocycles. The molecular weight excluding hydrogens is 498 g/mol. The second-order valence-corrected chi connectivity index (χ2v) is 10.9. The summed E-state index contributed by atoms with van der Waals surface area (Å²) in [6.07, 6.45) is 0. The average Bonchev–Trinajstić information content (AvgIpc) is 3.66. The van der Waals surface area contributed by atoms with E-state index in [-0.39, 0.29) is 0 Å². The third kappa shape index (κ3) is 2.88. The monoisotopic (exact) mass is 517 g/mol. The van der Waals surface area contributed by atoms with Crippen LogP contribution >= 0.6 is 11.3 Å². The van der Waals surface area contributed by atoms with Gasteiger partial charge in [-0.2, -0.15) is 4.98 Å². The molecule has 0 radical (unpaired) electrons. The van der Waals surface area contributed by atoms with Gasteiger partial charge in [-0.1, -0.05) is 84.9 Å². The van der Waals surface area contributed by atoms with Gasteiger partial charge in [0, 0.05) is 41.9 Å². The van der Waals surface area contributed by atoms with Gasteiger partial charge in [0.25, 0.3) is 0 Å². The Balaban J connectivity index is 1.48. The van der Waals surface area contributed by atoms with Gasteiger partial charge in [-0.3, -0.25) is 4.57 Å². The zero-order valence-electron chi connectivity index (χ0n) is 20.6. The fraction of sp³-hybridized carbons (Fsp3) is 0. The van der Waals surface area contributed by atoms with Crippen LogP contribution in [0.4, 0.5) is 0 Å². The molecule has 0 fully saturated rings. The van der Waals surface area contributed by atoms with Crippen molar-refractivity contribution >= 4 is 75.4 Å². The standard InChI is InChI=1S/C34H19N3OS/c1-2-10-20(11-3-1)32-31-30-26(18-19-28-29(30)23-14-6-9-17-27(23)39-28)38-33(31)36-34(35-32)37-24-15-7-4-12-21(24)22-13-5-8-16-25(22)37/h1-19H. The van der Waals surface area contributed by atoms with Crippen molar-refractivity contribution in [1.29, 1.82) is 0 Å². The van der Waals surface area contributed by atoms with Crippen LogP contribution in [0.5, 0.6) is 0 Å². The van der Waals surface area contributed by atoms with Crippen LogP contribution in [0, 0.1) is 0 Å². The number of para-hydroxylation sites is 2. The molecule has 0 atom stereocenters. The summed E-state index contributed by atoms with van der Waals surface area (Å²) in [4.78, 5) is 10.4. The molecule has 0 amide bonds. The second-order valence-electron chi connectivity index (χ2n) is 9.80. The summed E-state index contributed by atoms with van der Waals surface area (Å²) < 4.78 is 11.2. The van der Waals surface area contributed by atoms with Crippen LogP contribution < -0.4 is 0 Å². The Hall–Kier alpha value is -5.00. The third-order valence-electron chi connectivity index (χ3n) is 7.65. The lowest BCUT2D eigenvalue weighted by atomic mass is 10.0. The van der Waals surface area contributed by atoms with Gasteiger partial charge in [-0.15, -0.1) is 11.3 Å². The molecule has 5 aromatic carbocycles. The minimum Gasteiger partial charge on any atom is -0.437 e. The molecule has 0 spiro atoms. The van der Waals surface area contributed by atoms with E-state index in [0.29, 0.717) is 11.7 Å². The lowest BCUT2D eigenvalue weighted by molar-refractivity contribution is 0.651. The predicted molar refractivity (Wildman–Crippen MR) is 162 cm³/mol. The van der Waals surface area contributed by atoms with E-state index in [2.05, 4.69) is 114 Å². The number of fused-ring (bicyclic) bond motifs is 10. The molecule has 9 aromatic rings. The maximum absolute atomic E-state index is 6.54. The SMILES string of the molecule is c1ccc(-c2nc(-n3c4ccccc4c4ccccc43)nc3oc4ccc5sc6ccccc6c5c4c23)cc1. The van der Waals surface area contributed by atoms with E-state index in [1.807, 2.05) is 17.4 Å². The Morgan fingerprint density at radius 1 is 0.538 bits per heavy atom. The van der Waals surface area contributed by atoms with Gasteiger partial charge in [0.1, 0.15) is 5.58 Å². The van der Waals surface area contributed by atoms with Crippen molar-refractivity contribution < 1.29 is 4.42 Å². The van der Waals surface area contributed by atoms with Crippen molar-refractivity contribution in [1.82, 2.24) is 14.5 Å². The van der Waals surface area contributed by atoms with E-state index < -0.39 is 0 Å². The van der Waals surface area contributed by atoms with Crippen LogP contribution in [-0.2, 0) is 0 Å². The van der Waals surface area contributed by atoms with Crippen molar-refractivity contribution in [3.8, 4) is 17.2 Å². The first-order valence-electron chi connectivity index (χ1n) is 12.9. The van der Waals surface area contributed by atoms with Gasteiger partial charge in [0.05, 0.1) is 22.1 Å². The second kappa shape index (κ2) is 7.76. The predicted octanol–water partition coefficient (Wildman–Crippen LogP) is 9.51. The van der Waals surface area contributed by atoms with E-state index in [4.69, 9.17) is 14.4 Å². The Morgan fingerprint density at radius 3 is 1.97 bits per heavy atom. The van der Waals surface area contributed by atoms with Crippen LogP contribution in [0.3, 0.4) is 0 Å². The molecule has 0 bridgehead atoms. The lowest BCUT2D eigenvalue weighted by Crippen LogP contribution is -2.02. The molecule has 0 aliphatic carbocycles. The highest BCUT2D eigenvalue weighted by Gasteiger charge is 2.23. The van der Waals surface area contributed by atoms with Crippen LogP contribution in [0.15, 0.2) is 120 Å². The molecule has 0 saturated carbocycles. The molecule has 4 nitrogen and oxygen atoms in total. The highest BCUT2D eigenvalue weighted by molar-refractivity contribution is 7.26. The van der Waals surface area contributed by atoms with Crippen molar-refractivity contribution in [3.63, 3.8) is 0 Å². The number of furan rings is 1. The molecule has 5 heteroatoms. The Labute approximate surface area is 226 Å². The first kappa shape index (κ1) is 21.0. The van der Waals surface area contributed by atoms with E-state index in [0.717, 1.165) is 38.6 Å². The molecule has 182 valence electrons. The highest BCUT2D eigenvalue weighted by atomic mass is 32.1.